The summed E-state index contributed by atoms with van der Waals surface area (Å²) in [6.45, 7) is 6.04. The maximum Gasteiger partial charge on any atom is 0.190 e. The Morgan fingerprint density at radius 2 is 1.41 bits per heavy atom. The smallest absolute Gasteiger partial charge is 0.190 e. The Bertz CT molecular complexity index is 1000. The van der Waals surface area contributed by atoms with Crippen molar-refractivity contribution in [3.8, 4) is 0 Å². The molecule has 0 radical (unpaired) electrons. The first kappa shape index (κ1) is 20.7. The number of hydrogen-bond acceptors (Lipinski definition) is 2. The highest BCUT2D eigenvalue weighted by molar-refractivity contribution is 6.26. The van der Waals surface area contributed by atoms with Crippen LogP contribution in [-0.2, 0) is 6.42 Å². The fraction of sp³-hybridized carbons (Fsp3) is 0.259. The Morgan fingerprint density at radius 3 is 2.10 bits per heavy atom. The third kappa shape index (κ3) is 5.08. The molecule has 2 heteroatoms. The predicted octanol–water partition coefficient (Wildman–Crippen LogP) is 6.69. The number of carbonyl (C=O) groups excluding carboxylic acids is 2. The van der Waals surface area contributed by atoms with Crippen LogP contribution in [0, 0.1) is 0 Å². The molecule has 0 atom stereocenters. The predicted molar refractivity (Wildman–Crippen MR) is 119 cm³/mol. The number of benzene rings is 2. The van der Waals surface area contributed by atoms with Crippen molar-refractivity contribution in [2.45, 2.75) is 46.5 Å². The monoisotopic (exact) mass is 384 g/mol. The van der Waals surface area contributed by atoms with E-state index in [1.165, 1.54) is 16.7 Å². The highest BCUT2D eigenvalue weighted by atomic mass is 16.1. The summed E-state index contributed by atoms with van der Waals surface area (Å²) in [5, 5.41) is 0. The molecule has 1 aliphatic rings. The lowest BCUT2D eigenvalue weighted by molar-refractivity contribution is 0.0973. The van der Waals surface area contributed by atoms with Crippen molar-refractivity contribution in [2.75, 3.05) is 0 Å². The molecule has 0 saturated heterocycles. The minimum atomic E-state index is -0.0271. The fourth-order valence-corrected chi connectivity index (χ4v) is 3.71. The van der Waals surface area contributed by atoms with Gasteiger partial charge in [-0.05, 0) is 52.0 Å². The van der Waals surface area contributed by atoms with Crippen LogP contribution >= 0.6 is 0 Å². The summed E-state index contributed by atoms with van der Waals surface area (Å²) in [4.78, 5) is 25.4. The average Bonchev–Trinajstić information content (AvgIpc) is 2.73. The summed E-state index contributed by atoms with van der Waals surface area (Å²) < 4.78 is 0. The van der Waals surface area contributed by atoms with E-state index in [1.807, 2.05) is 12.1 Å². The van der Waals surface area contributed by atoms with Crippen molar-refractivity contribution >= 4 is 11.6 Å². The molecular weight excluding hydrogens is 356 g/mol. The summed E-state index contributed by atoms with van der Waals surface area (Å²) in [5.74, 6) is -0.0407. The Balaban J connectivity index is 1.60. The number of fused-ring (bicyclic) bond motifs is 1. The number of allylic oxidation sites excluding steroid dienone is 6. The number of Topliss-reactive ketones (excluding diaryl/α,β-unsaturated/α-hetero) is 2. The van der Waals surface area contributed by atoms with Crippen molar-refractivity contribution in [3.63, 3.8) is 0 Å². The quantitative estimate of drug-likeness (QED) is 0.499. The minimum Gasteiger partial charge on any atom is -0.289 e. The zero-order valence-corrected chi connectivity index (χ0v) is 17.5. The van der Waals surface area contributed by atoms with Crippen LogP contribution in [0.5, 0.6) is 0 Å². The van der Waals surface area contributed by atoms with Crippen molar-refractivity contribution in [2.24, 2.45) is 0 Å². The van der Waals surface area contributed by atoms with Gasteiger partial charge >= 0.3 is 0 Å². The molecule has 0 aromatic heterocycles. The van der Waals surface area contributed by atoms with Crippen LogP contribution in [0.1, 0.15) is 66.3 Å². The molecule has 0 heterocycles. The summed E-state index contributed by atoms with van der Waals surface area (Å²) in [6.07, 6.45) is 7.82. The molecule has 148 valence electrons. The van der Waals surface area contributed by atoms with Crippen LogP contribution in [0.15, 0.2) is 89.0 Å². The van der Waals surface area contributed by atoms with E-state index in [4.69, 9.17) is 0 Å². The van der Waals surface area contributed by atoms with E-state index in [1.54, 1.807) is 25.1 Å². The van der Waals surface area contributed by atoms with Gasteiger partial charge in [0.1, 0.15) is 0 Å². The zero-order valence-electron chi connectivity index (χ0n) is 17.5. The number of ketones is 2. The lowest BCUT2D eigenvalue weighted by Crippen LogP contribution is -2.20. The van der Waals surface area contributed by atoms with E-state index >= 15 is 0 Å². The first-order chi connectivity index (χ1) is 14.0. The third-order valence-electron chi connectivity index (χ3n) is 5.50. The van der Waals surface area contributed by atoms with Gasteiger partial charge in [0.2, 0.25) is 0 Å². The first-order valence-electron chi connectivity index (χ1n) is 10.2. The molecule has 0 spiro atoms. The van der Waals surface area contributed by atoms with Gasteiger partial charge in [-0.1, -0.05) is 77.9 Å². The van der Waals surface area contributed by atoms with Crippen LogP contribution in [0.4, 0.5) is 0 Å². The molecule has 2 aromatic carbocycles. The van der Waals surface area contributed by atoms with Gasteiger partial charge in [0.05, 0.1) is 0 Å². The standard InChI is InChI=1S/C27H28O2/c1-19(10-9-11-20(2)18-22-12-5-4-6-13-22)16-17-23-21(3)26(28)24-14-7-8-15-25(24)27(23)29/h4-8,11-16H,9-10,17-18H2,1-3H3/b19-16+,20-11+. The fourth-order valence-electron chi connectivity index (χ4n) is 3.71. The molecule has 0 aliphatic heterocycles. The van der Waals surface area contributed by atoms with Crippen LogP contribution in [0.2, 0.25) is 0 Å². The van der Waals surface area contributed by atoms with E-state index in [2.05, 4.69) is 50.3 Å². The normalized spacial score (nSPS) is 15.0. The molecule has 0 saturated carbocycles. The lowest BCUT2D eigenvalue weighted by atomic mass is 9.83. The lowest BCUT2D eigenvalue weighted by Gasteiger charge is -2.18. The van der Waals surface area contributed by atoms with E-state index < -0.39 is 0 Å². The van der Waals surface area contributed by atoms with Crippen LogP contribution in [-0.4, -0.2) is 11.6 Å². The van der Waals surface area contributed by atoms with Crippen molar-refractivity contribution in [3.05, 3.63) is 106 Å². The van der Waals surface area contributed by atoms with Gasteiger partial charge in [-0.3, -0.25) is 9.59 Å². The Labute approximate surface area is 173 Å². The molecule has 0 fully saturated rings. The maximum absolute atomic E-state index is 12.8. The van der Waals surface area contributed by atoms with E-state index in [9.17, 15) is 9.59 Å². The molecule has 0 N–H and O–H groups in total. The molecule has 0 amide bonds. The number of rotatable bonds is 7. The second-order valence-electron chi connectivity index (χ2n) is 7.81. The van der Waals surface area contributed by atoms with Gasteiger partial charge in [-0.15, -0.1) is 0 Å². The van der Waals surface area contributed by atoms with E-state index in [0.717, 1.165) is 19.3 Å². The van der Waals surface area contributed by atoms with Crippen molar-refractivity contribution in [1.82, 2.24) is 0 Å². The number of carbonyl (C=O) groups is 2. The number of hydrogen-bond donors (Lipinski definition) is 0. The highest BCUT2D eigenvalue weighted by Crippen LogP contribution is 2.28. The Hall–Kier alpha value is -3.00. The molecule has 1 aliphatic carbocycles. The van der Waals surface area contributed by atoms with E-state index in [0.29, 0.717) is 28.7 Å². The third-order valence-corrected chi connectivity index (χ3v) is 5.50. The van der Waals surface area contributed by atoms with E-state index in [-0.39, 0.29) is 11.6 Å². The summed E-state index contributed by atoms with van der Waals surface area (Å²) >= 11 is 0. The molecule has 0 bridgehead atoms. The summed E-state index contributed by atoms with van der Waals surface area (Å²) in [5.41, 5.74) is 6.21. The molecule has 2 aromatic rings. The molecular formula is C27H28O2. The average molecular weight is 385 g/mol. The summed E-state index contributed by atoms with van der Waals surface area (Å²) in [6, 6.07) is 17.6. The molecule has 0 unspecified atom stereocenters. The van der Waals surface area contributed by atoms with Gasteiger partial charge in [0, 0.05) is 22.3 Å². The van der Waals surface area contributed by atoms with Crippen LogP contribution in [0.3, 0.4) is 0 Å². The second-order valence-corrected chi connectivity index (χ2v) is 7.81. The topological polar surface area (TPSA) is 34.1 Å². The van der Waals surface area contributed by atoms with Crippen molar-refractivity contribution < 1.29 is 9.59 Å². The first-order valence-corrected chi connectivity index (χ1v) is 10.2. The molecule has 2 nitrogen and oxygen atoms in total. The van der Waals surface area contributed by atoms with Gasteiger partial charge in [-0.2, -0.15) is 0 Å². The molecule has 3 rings (SSSR count). The van der Waals surface area contributed by atoms with Gasteiger partial charge in [-0.25, -0.2) is 0 Å². The second kappa shape index (κ2) is 9.47. The SMILES string of the molecule is CC1=C(C/C=C(\C)CC/C=C(\C)Cc2ccccc2)C(=O)c2ccccc2C1=O. The van der Waals surface area contributed by atoms with Crippen LogP contribution < -0.4 is 0 Å². The zero-order chi connectivity index (χ0) is 20.8. The minimum absolute atomic E-state index is 0.0136. The maximum atomic E-state index is 12.8. The van der Waals surface area contributed by atoms with Gasteiger partial charge < -0.3 is 0 Å². The van der Waals surface area contributed by atoms with Crippen molar-refractivity contribution in [1.29, 1.82) is 0 Å². The largest absolute Gasteiger partial charge is 0.289 e. The summed E-state index contributed by atoms with van der Waals surface area (Å²) in [7, 11) is 0. The Morgan fingerprint density at radius 1 is 0.793 bits per heavy atom. The van der Waals surface area contributed by atoms with Gasteiger partial charge in [0.25, 0.3) is 0 Å². The van der Waals surface area contributed by atoms with Gasteiger partial charge in [0.15, 0.2) is 11.6 Å². The van der Waals surface area contributed by atoms with Crippen LogP contribution in [0.25, 0.3) is 0 Å². The molecule has 29 heavy (non-hydrogen) atoms. The Kier molecular flexibility index (Phi) is 6.77. The highest BCUT2D eigenvalue weighted by Gasteiger charge is 2.28.